The van der Waals surface area contributed by atoms with Crippen molar-refractivity contribution in [1.29, 1.82) is 0 Å². The predicted molar refractivity (Wildman–Crippen MR) is 103 cm³/mol. The van der Waals surface area contributed by atoms with Crippen molar-refractivity contribution in [2.45, 2.75) is 25.4 Å². The first-order chi connectivity index (χ1) is 13.3. The maximum atomic E-state index is 13.1. The average Bonchev–Trinajstić information content (AvgIpc) is 3.17. The number of alkyl halides is 3. The normalized spacial score (nSPS) is 14.2. The van der Waals surface area contributed by atoms with Gasteiger partial charge in [-0.05, 0) is 55.3 Å². The molecule has 28 heavy (non-hydrogen) atoms. The van der Waals surface area contributed by atoms with Gasteiger partial charge in [0.2, 0.25) is 5.91 Å². The van der Waals surface area contributed by atoms with Crippen LogP contribution in [0.1, 0.15) is 24.8 Å². The van der Waals surface area contributed by atoms with E-state index in [9.17, 15) is 18.0 Å². The topological polar surface area (TPSA) is 41.6 Å². The highest BCUT2D eigenvalue weighted by atomic mass is 35.5. The smallest absolute Gasteiger partial charge is 0.416 e. The number of halogens is 4. The van der Waals surface area contributed by atoms with Gasteiger partial charge in [0.25, 0.3) is 0 Å². The van der Waals surface area contributed by atoms with E-state index >= 15 is 0 Å². The van der Waals surface area contributed by atoms with E-state index in [-0.39, 0.29) is 18.7 Å². The Bertz CT molecular complexity index is 819. The third kappa shape index (κ3) is 5.32. The molecule has 0 aromatic heterocycles. The molecule has 4 nitrogen and oxygen atoms in total. The summed E-state index contributed by atoms with van der Waals surface area (Å²) in [4.78, 5) is 14.3. The van der Waals surface area contributed by atoms with E-state index in [4.69, 9.17) is 16.3 Å². The molecule has 1 aliphatic rings. The Kier molecular flexibility index (Phi) is 6.34. The molecule has 0 bridgehead atoms. The van der Waals surface area contributed by atoms with Crippen molar-refractivity contribution in [3.8, 4) is 5.75 Å². The number of carbonyl (C=O) groups is 1. The number of nitrogens with one attached hydrogen (secondary N) is 1. The fourth-order valence-corrected chi connectivity index (χ4v) is 3.18. The van der Waals surface area contributed by atoms with Gasteiger partial charge in [0.15, 0.2) is 0 Å². The van der Waals surface area contributed by atoms with Gasteiger partial charge in [-0.2, -0.15) is 13.2 Å². The summed E-state index contributed by atoms with van der Waals surface area (Å²) in [5.41, 5.74) is -0.00570. The minimum Gasteiger partial charge on any atom is -0.493 e. The van der Waals surface area contributed by atoms with Gasteiger partial charge in [-0.15, -0.1) is 0 Å². The van der Waals surface area contributed by atoms with Crippen LogP contribution in [-0.4, -0.2) is 25.6 Å². The molecule has 2 aromatic rings. The number of anilines is 2. The van der Waals surface area contributed by atoms with Crippen molar-refractivity contribution in [2.75, 3.05) is 29.9 Å². The minimum absolute atomic E-state index is 0.0122. The lowest BCUT2D eigenvalue weighted by molar-refractivity contribution is -0.137. The van der Waals surface area contributed by atoms with E-state index in [0.29, 0.717) is 16.5 Å². The Morgan fingerprint density at radius 3 is 2.43 bits per heavy atom. The second-order valence-corrected chi connectivity index (χ2v) is 6.96. The molecule has 0 spiro atoms. The Morgan fingerprint density at radius 2 is 1.79 bits per heavy atom. The third-order valence-corrected chi connectivity index (χ3v) is 4.71. The highest BCUT2D eigenvalue weighted by Crippen LogP contribution is 2.36. The predicted octanol–water partition coefficient (Wildman–Crippen LogP) is 5.37. The van der Waals surface area contributed by atoms with Crippen LogP contribution in [0.25, 0.3) is 0 Å². The van der Waals surface area contributed by atoms with Crippen molar-refractivity contribution in [3.63, 3.8) is 0 Å². The highest BCUT2D eigenvalue weighted by Gasteiger charge is 2.32. The molecule has 1 N–H and O–H groups in total. The van der Waals surface area contributed by atoms with Gasteiger partial charge in [-0.25, -0.2) is 0 Å². The van der Waals surface area contributed by atoms with Crippen molar-refractivity contribution >= 4 is 28.9 Å². The van der Waals surface area contributed by atoms with E-state index in [2.05, 4.69) is 5.32 Å². The molecule has 3 rings (SSSR count). The Labute approximate surface area is 166 Å². The van der Waals surface area contributed by atoms with Gasteiger partial charge in [0.05, 0.1) is 30.0 Å². The van der Waals surface area contributed by atoms with Crippen molar-refractivity contribution in [1.82, 2.24) is 0 Å². The summed E-state index contributed by atoms with van der Waals surface area (Å²) in [5.74, 6) is 0.155. The van der Waals surface area contributed by atoms with Crippen LogP contribution >= 0.6 is 11.6 Å². The maximum Gasteiger partial charge on any atom is 0.416 e. The molecule has 0 radical (unpaired) electrons. The first-order valence-corrected chi connectivity index (χ1v) is 9.35. The SMILES string of the molecule is O=C(CCOc1ccc(Cl)cc1)Nc1cc(C(F)(F)F)ccc1N1CCCC1. The summed E-state index contributed by atoms with van der Waals surface area (Å²) in [6.45, 7) is 1.62. The highest BCUT2D eigenvalue weighted by molar-refractivity contribution is 6.30. The monoisotopic (exact) mass is 412 g/mol. The van der Waals surface area contributed by atoms with Gasteiger partial charge in [-0.1, -0.05) is 11.6 Å². The van der Waals surface area contributed by atoms with Gasteiger partial charge < -0.3 is 15.0 Å². The number of amides is 1. The fraction of sp³-hybridized carbons (Fsp3) is 0.350. The second kappa shape index (κ2) is 8.73. The number of nitrogens with zero attached hydrogens (tertiary/aromatic N) is 1. The largest absolute Gasteiger partial charge is 0.493 e. The number of hydrogen-bond donors (Lipinski definition) is 1. The maximum absolute atomic E-state index is 13.1. The molecule has 150 valence electrons. The lowest BCUT2D eigenvalue weighted by Gasteiger charge is -2.23. The Morgan fingerprint density at radius 1 is 1.11 bits per heavy atom. The van der Waals surface area contributed by atoms with Gasteiger partial charge in [-0.3, -0.25) is 4.79 Å². The summed E-state index contributed by atoms with van der Waals surface area (Å²) in [6, 6.07) is 10.2. The van der Waals surface area contributed by atoms with Crippen molar-refractivity contribution < 1.29 is 22.7 Å². The molecule has 0 atom stereocenters. The van der Waals surface area contributed by atoms with E-state index in [1.165, 1.54) is 6.07 Å². The van der Waals surface area contributed by atoms with Crippen molar-refractivity contribution in [3.05, 3.63) is 53.1 Å². The molecule has 1 heterocycles. The van der Waals surface area contributed by atoms with E-state index in [0.717, 1.165) is 38.1 Å². The van der Waals surface area contributed by atoms with Crippen LogP contribution in [0.2, 0.25) is 5.02 Å². The van der Waals surface area contributed by atoms with Crippen molar-refractivity contribution in [2.24, 2.45) is 0 Å². The van der Waals surface area contributed by atoms with E-state index in [1.807, 2.05) is 4.90 Å². The number of ether oxygens (including phenoxy) is 1. The molecule has 2 aromatic carbocycles. The van der Waals surface area contributed by atoms with Crippen LogP contribution in [-0.2, 0) is 11.0 Å². The first-order valence-electron chi connectivity index (χ1n) is 8.97. The summed E-state index contributed by atoms with van der Waals surface area (Å²) in [5, 5.41) is 3.19. The van der Waals surface area contributed by atoms with Crippen LogP contribution in [0.3, 0.4) is 0 Å². The standard InChI is InChI=1S/C20H20ClF3N2O2/c21-15-4-6-16(7-5-15)28-12-9-19(27)25-17-13-14(20(22,23)24)3-8-18(17)26-10-1-2-11-26/h3-8,13H,1-2,9-12H2,(H,25,27). The lowest BCUT2D eigenvalue weighted by atomic mass is 10.1. The number of hydrogen-bond acceptors (Lipinski definition) is 3. The first kappa shape index (κ1) is 20.3. The molecule has 8 heteroatoms. The lowest BCUT2D eigenvalue weighted by Crippen LogP contribution is -2.22. The summed E-state index contributed by atoms with van der Waals surface area (Å²) < 4.78 is 44.7. The third-order valence-electron chi connectivity index (χ3n) is 4.46. The zero-order valence-corrected chi connectivity index (χ0v) is 15.8. The number of rotatable bonds is 6. The summed E-state index contributed by atoms with van der Waals surface area (Å²) in [6.07, 6.45) is -2.51. The number of benzene rings is 2. The molecule has 0 aliphatic carbocycles. The molecule has 1 aliphatic heterocycles. The zero-order valence-electron chi connectivity index (χ0n) is 15.1. The molecule has 0 unspecified atom stereocenters. The molecule has 1 amide bonds. The fourth-order valence-electron chi connectivity index (χ4n) is 3.05. The molecule has 1 saturated heterocycles. The Balaban J connectivity index is 1.66. The minimum atomic E-state index is -4.47. The summed E-state index contributed by atoms with van der Waals surface area (Å²) >= 11 is 5.80. The van der Waals surface area contributed by atoms with Crippen LogP contribution < -0.4 is 15.0 Å². The summed E-state index contributed by atoms with van der Waals surface area (Å²) in [7, 11) is 0. The number of carbonyl (C=O) groups excluding carboxylic acids is 1. The Hall–Kier alpha value is -2.41. The average molecular weight is 413 g/mol. The quantitative estimate of drug-likeness (QED) is 0.693. The van der Waals surface area contributed by atoms with E-state index in [1.54, 1.807) is 24.3 Å². The van der Waals surface area contributed by atoms with Gasteiger partial charge in [0, 0.05) is 18.1 Å². The molecule has 0 saturated carbocycles. The van der Waals surface area contributed by atoms with Crippen LogP contribution in [0.5, 0.6) is 5.75 Å². The van der Waals surface area contributed by atoms with E-state index < -0.39 is 17.6 Å². The van der Waals surface area contributed by atoms with Crippen LogP contribution in [0, 0.1) is 0 Å². The zero-order chi connectivity index (χ0) is 20.1. The molecular formula is C20H20ClF3N2O2. The van der Waals surface area contributed by atoms with Gasteiger partial charge in [0.1, 0.15) is 5.75 Å². The van der Waals surface area contributed by atoms with Crippen LogP contribution in [0.4, 0.5) is 24.5 Å². The molecule has 1 fully saturated rings. The molecular weight excluding hydrogens is 393 g/mol. The van der Waals surface area contributed by atoms with Gasteiger partial charge >= 0.3 is 6.18 Å². The van der Waals surface area contributed by atoms with Crippen LogP contribution in [0.15, 0.2) is 42.5 Å². The second-order valence-electron chi connectivity index (χ2n) is 6.52.